The van der Waals surface area contributed by atoms with Crippen molar-refractivity contribution >= 4 is 10.0 Å². The summed E-state index contributed by atoms with van der Waals surface area (Å²) in [6, 6.07) is 5.11. The monoisotopic (exact) mass is 282 g/mol. The Morgan fingerprint density at radius 1 is 1.37 bits per heavy atom. The number of hydrogen-bond donors (Lipinski definition) is 2. The van der Waals surface area contributed by atoms with E-state index in [0.717, 1.165) is 29.9 Å². The first-order valence-corrected chi connectivity index (χ1v) is 8.30. The van der Waals surface area contributed by atoms with Crippen LogP contribution in [0.4, 0.5) is 0 Å². The van der Waals surface area contributed by atoms with Crippen LogP contribution >= 0.6 is 0 Å². The maximum atomic E-state index is 12.1. The van der Waals surface area contributed by atoms with Crippen LogP contribution in [0.25, 0.3) is 0 Å². The molecule has 2 rings (SSSR count). The SMILES string of the molecule is Cc1ccc(S(=O)(=O)NCCCC2CC2)cc1CN. The quantitative estimate of drug-likeness (QED) is 0.751. The van der Waals surface area contributed by atoms with Crippen molar-refractivity contribution in [3.05, 3.63) is 29.3 Å². The van der Waals surface area contributed by atoms with E-state index in [4.69, 9.17) is 5.73 Å². The molecule has 0 aliphatic heterocycles. The van der Waals surface area contributed by atoms with Crippen molar-refractivity contribution in [1.82, 2.24) is 4.72 Å². The Morgan fingerprint density at radius 2 is 2.11 bits per heavy atom. The highest BCUT2D eigenvalue weighted by Crippen LogP contribution is 2.33. The van der Waals surface area contributed by atoms with E-state index in [-0.39, 0.29) is 0 Å². The van der Waals surface area contributed by atoms with E-state index in [1.165, 1.54) is 12.8 Å². The summed E-state index contributed by atoms with van der Waals surface area (Å²) in [5.41, 5.74) is 7.51. The van der Waals surface area contributed by atoms with Crippen LogP contribution in [0.2, 0.25) is 0 Å². The van der Waals surface area contributed by atoms with Gasteiger partial charge in [0.1, 0.15) is 0 Å². The molecule has 1 fully saturated rings. The molecule has 0 bridgehead atoms. The minimum Gasteiger partial charge on any atom is -0.326 e. The molecule has 0 aromatic heterocycles. The van der Waals surface area contributed by atoms with Crippen LogP contribution in [0.15, 0.2) is 23.1 Å². The van der Waals surface area contributed by atoms with Crippen molar-refractivity contribution < 1.29 is 8.42 Å². The highest BCUT2D eigenvalue weighted by molar-refractivity contribution is 7.89. The summed E-state index contributed by atoms with van der Waals surface area (Å²) in [5, 5.41) is 0. The van der Waals surface area contributed by atoms with Gasteiger partial charge in [0.05, 0.1) is 4.90 Å². The van der Waals surface area contributed by atoms with Gasteiger partial charge in [-0.1, -0.05) is 18.9 Å². The Bertz CT molecular complexity index is 536. The van der Waals surface area contributed by atoms with Crippen LogP contribution in [-0.4, -0.2) is 15.0 Å². The summed E-state index contributed by atoms with van der Waals surface area (Å²) < 4.78 is 26.9. The first-order valence-electron chi connectivity index (χ1n) is 6.82. The molecule has 0 radical (unpaired) electrons. The number of sulfonamides is 1. The summed E-state index contributed by atoms with van der Waals surface area (Å²) in [7, 11) is -3.39. The predicted molar refractivity (Wildman–Crippen MR) is 76.2 cm³/mol. The first kappa shape index (κ1) is 14.5. The highest BCUT2D eigenvalue weighted by atomic mass is 32.2. The Hall–Kier alpha value is -0.910. The fourth-order valence-corrected chi connectivity index (χ4v) is 3.25. The van der Waals surface area contributed by atoms with Crippen molar-refractivity contribution in [1.29, 1.82) is 0 Å². The predicted octanol–water partition coefficient (Wildman–Crippen LogP) is 1.92. The van der Waals surface area contributed by atoms with Crippen LogP contribution in [-0.2, 0) is 16.6 Å². The molecule has 0 amide bonds. The van der Waals surface area contributed by atoms with Gasteiger partial charge in [-0.3, -0.25) is 0 Å². The summed E-state index contributed by atoms with van der Waals surface area (Å²) >= 11 is 0. The van der Waals surface area contributed by atoms with Crippen LogP contribution in [0, 0.1) is 12.8 Å². The highest BCUT2D eigenvalue weighted by Gasteiger charge is 2.21. The van der Waals surface area contributed by atoms with E-state index in [9.17, 15) is 8.42 Å². The Morgan fingerprint density at radius 3 is 2.74 bits per heavy atom. The molecule has 1 aliphatic rings. The van der Waals surface area contributed by atoms with E-state index in [1.807, 2.05) is 6.92 Å². The topological polar surface area (TPSA) is 72.2 Å². The molecule has 3 N–H and O–H groups in total. The summed E-state index contributed by atoms with van der Waals surface area (Å²) in [6.07, 6.45) is 4.67. The van der Waals surface area contributed by atoms with Gasteiger partial charge in [0, 0.05) is 13.1 Å². The van der Waals surface area contributed by atoms with Gasteiger partial charge in [-0.25, -0.2) is 13.1 Å². The molecular weight excluding hydrogens is 260 g/mol. The van der Waals surface area contributed by atoms with Crippen molar-refractivity contribution in [2.24, 2.45) is 11.7 Å². The van der Waals surface area contributed by atoms with Crippen LogP contribution in [0.5, 0.6) is 0 Å². The van der Waals surface area contributed by atoms with Crippen LogP contribution in [0.3, 0.4) is 0 Å². The largest absolute Gasteiger partial charge is 0.326 e. The van der Waals surface area contributed by atoms with Gasteiger partial charge in [-0.15, -0.1) is 0 Å². The number of nitrogens with one attached hydrogen (secondary N) is 1. The third-order valence-electron chi connectivity index (χ3n) is 3.63. The molecule has 0 unspecified atom stereocenters. The maximum absolute atomic E-state index is 12.1. The molecule has 19 heavy (non-hydrogen) atoms. The van der Waals surface area contributed by atoms with Crippen molar-refractivity contribution in [3.8, 4) is 0 Å². The van der Waals surface area contributed by atoms with Gasteiger partial charge < -0.3 is 5.73 Å². The van der Waals surface area contributed by atoms with Gasteiger partial charge in [0.15, 0.2) is 0 Å². The van der Waals surface area contributed by atoms with Crippen molar-refractivity contribution in [2.45, 2.75) is 44.0 Å². The molecule has 0 spiro atoms. The summed E-state index contributed by atoms with van der Waals surface area (Å²) in [6.45, 7) is 2.81. The molecular formula is C14H22N2O2S. The van der Waals surface area contributed by atoms with E-state index in [0.29, 0.717) is 18.0 Å². The second-order valence-electron chi connectivity index (χ2n) is 5.28. The normalized spacial score (nSPS) is 15.7. The summed E-state index contributed by atoms with van der Waals surface area (Å²) in [4.78, 5) is 0.310. The third-order valence-corrected chi connectivity index (χ3v) is 5.09. The molecule has 0 saturated heterocycles. The first-order chi connectivity index (χ1) is 9.03. The van der Waals surface area contributed by atoms with Gasteiger partial charge >= 0.3 is 0 Å². The molecule has 1 aromatic rings. The smallest absolute Gasteiger partial charge is 0.240 e. The Balaban J connectivity index is 1.97. The second-order valence-corrected chi connectivity index (χ2v) is 7.04. The van der Waals surface area contributed by atoms with Gasteiger partial charge in [-0.2, -0.15) is 0 Å². The van der Waals surface area contributed by atoms with Gasteiger partial charge in [0.2, 0.25) is 10.0 Å². The molecule has 1 saturated carbocycles. The Kier molecular flexibility index (Phi) is 4.60. The lowest BCUT2D eigenvalue weighted by molar-refractivity contribution is 0.572. The number of hydrogen-bond acceptors (Lipinski definition) is 3. The minimum absolute atomic E-state index is 0.310. The van der Waals surface area contributed by atoms with E-state index in [1.54, 1.807) is 18.2 Å². The lowest BCUT2D eigenvalue weighted by atomic mass is 10.1. The Labute approximate surface area is 115 Å². The van der Waals surface area contributed by atoms with Crippen LogP contribution < -0.4 is 10.5 Å². The van der Waals surface area contributed by atoms with E-state index >= 15 is 0 Å². The summed E-state index contributed by atoms with van der Waals surface area (Å²) in [5.74, 6) is 0.840. The molecule has 0 heterocycles. The van der Waals surface area contributed by atoms with Gasteiger partial charge in [-0.05, 0) is 48.9 Å². The molecule has 1 aromatic carbocycles. The number of nitrogens with two attached hydrogens (primary N) is 1. The van der Waals surface area contributed by atoms with Crippen molar-refractivity contribution in [3.63, 3.8) is 0 Å². The van der Waals surface area contributed by atoms with E-state index in [2.05, 4.69) is 4.72 Å². The fraction of sp³-hybridized carbons (Fsp3) is 0.571. The van der Waals surface area contributed by atoms with Crippen molar-refractivity contribution in [2.75, 3.05) is 6.54 Å². The lowest BCUT2D eigenvalue weighted by Crippen LogP contribution is -2.25. The standard InChI is InChI=1S/C14H22N2O2S/c1-11-4-7-14(9-13(11)10-15)19(17,18)16-8-2-3-12-5-6-12/h4,7,9,12,16H,2-3,5-6,8,10,15H2,1H3. The molecule has 4 nitrogen and oxygen atoms in total. The number of rotatable bonds is 7. The zero-order valence-corrected chi connectivity index (χ0v) is 12.2. The molecule has 0 atom stereocenters. The third kappa shape index (κ3) is 4.03. The number of aryl methyl sites for hydroxylation is 1. The van der Waals surface area contributed by atoms with Crippen LogP contribution in [0.1, 0.15) is 36.8 Å². The molecule has 1 aliphatic carbocycles. The average molecular weight is 282 g/mol. The van der Waals surface area contributed by atoms with E-state index < -0.39 is 10.0 Å². The average Bonchev–Trinajstić information content (AvgIpc) is 3.19. The lowest BCUT2D eigenvalue weighted by Gasteiger charge is -2.09. The molecule has 106 valence electrons. The maximum Gasteiger partial charge on any atom is 0.240 e. The minimum atomic E-state index is -3.39. The van der Waals surface area contributed by atoms with Gasteiger partial charge in [0.25, 0.3) is 0 Å². The molecule has 5 heteroatoms. The number of benzene rings is 1. The fourth-order valence-electron chi connectivity index (χ4n) is 2.12. The zero-order valence-electron chi connectivity index (χ0n) is 11.4. The second kappa shape index (κ2) is 6.03. The zero-order chi connectivity index (χ0) is 13.9.